The molecule has 0 aromatic carbocycles. The van der Waals surface area contributed by atoms with Gasteiger partial charge in [-0.2, -0.15) is 0 Å². The molecule has 70 valence electrons. The van der Waals surface area contributed by atoms with Gasteiger partial charge in [0.2, 0.25) is 0 Å². The first-order valence-electron chi connectivity index (χ1n) is 4.01. The minimum atomic E-state index is -0.450. The summed E-state index contributed by atoms with van der Waals surface area (Å²) in [5, 5.41) is 1.55. The Hall–Kier alpha value is -1.40. The number of nitrogens with zero attached hydrogens (tertiary/aromatic N) is 1. The second kappa shape index (κ2) is 2.82. The minimum Gasteiger partial charge on any atom is -0.311 e. The van der Waals surface area contributed by atoms with Crippen molar-refractivity contribution in [3.05, 3.63) is 32.1 Å². The number of nitrogens with one attached hydrogen (secondary N) is 2. The molecule has 0 radical (unpaired) electrons. The Labute approximate surface area is 73.4 Å². The maximum absolute atomic E-state index is 11.3. The lowest BCUT2D eigenvalue weighted by molar-refractivity contribution is 0.258. The molecule has 1 aromatic rings. The fraction of sp³-hybridized carbons (Fsp3) is 0.429. The van der Waals surface area contributed by atoms with E-state index in [0.717, 1.165) is 0 Å². The van der Waals surface area contributed by atoms with Crippen LogP contribution in [0.3, 0.4) is 0 Å². The van der Waals surface area contributed by atoms with Gasteiger partial charge >= 0.3 is 5.69 Å². The number of aromatic amines is 2. The third-order valence-electron chi connectivity index (χ3n) is 2.14. The van der Waals surface area contributed by atoms with Gasteiger partial charge < -0.3 is 4.98 Å². The Kier molecular flexibility index (Phi) is 1.78. The Morgan fingerprint density at radius 2 is 2.08 bits per heavy atom. The summed E-state index contributed by atoms with van der Waals surface area (Å²) in [6.07, 6.45) is 0.616. The zero-order chi connectivity index (χ0) is 9.42. The van der Waals surface area contributed by atoms with E-state index in [4.69, 9.17) is 5.84 Å². The van der Waals surface area contributed by atoms with Gasteiger partial charge in [-0.15, -0.1) is 0 Å². The van der Waals surface area contributed by atoms with Gasteiger partial charge in [0.05, 0.1) is 5.56 Å². The van der Waals surface area contributed by atoms with Gasteiger partial charge in [-0.05, 0) is 0 Å². The molecule has 13 heavy (non-hydrogen) atoms. The van der Waals surface area contributed by atoms with Crippen LogP contribution in [0.2, 0.25) is 0 Å². The summed E-state index contributed by atoms with van der Waals surface area (Å²) < 4.78 is 0. The number of hydrogen-bond donors (Lipinski definition) is 3. The van der Waals surface area contributed by atoms with E-state index < -0.39 is 5.69 Å². The van der Waals surface area contributed by atoms with E-state index in [1.807, 2.05) is 0 Å². The number of aromatic nitrogens is 2. The van der Waals surface area contributed by atoms with Gasteiger partial charge in [0.1, 0.15) is 0 Å². The lowest BCUT2D eigenvalue weighted by Gasteiger charge is -2.22. The first-order valence-corrected chi connectivity index (χ1v) is 4.01. The van der Waals surface area contributed by atoms with Gasteiger partial charge in [0, 0.05) is 25.2 Å². The molecule has 6 heteroatoms. The van der Waals surface area contributed by atoms with E-state index in [-0.39, 0.29) is 5.56 Å². The molecule has 2 rings (SSSR count). The molecule has 2 heterocycles. The second-order valence-corrected chi connectivity index (χ2v) is 3.09. The van der Waals surface area contributed by atoms with Crippen LogP contribution < -0.4 is 17.1 Å². The number of hydrazine groups is 1. The highest BCUT2D eigenvalue weighted by atomic mass is 16.2. The SMILES string of the molecule is NN1CCc2[nH]c(=O)[nH]c(=O)c2C1. The molecule has 0 aliphatic carbocycles. The predicted octanol–water partition coefficient (Wildman–Crippen LogP) is -1.70. The Bertz CT molecular complexity index is 433. The monoisotopic (exact) mass is 182 g/mol. The van der Waals surface area contributed by atoms with Crippen molar-refractivity contribution < 1.29 is 0 Å². The molecule has 0 amide bonds. The van der Waals surface area contributed by atoms with E-state index in [1.54, 1.807) is 5.01 Å². The summed E-state index contributed by atoms with van der Waals surface area (Å²) in [6.45, 7) is 1.05. The number of fused-ring (bicyclic) bond motifs is 1. The van der Waals surface area contributed by atoms with Crippen LogP contribution in [-0.2, 0) is 13.0 Å². The Morgan fingerprint density at radius 1 is 1.31 bits per heavy atom. The van der Waals surface area contributed by atoms with Crippen LogP contribution in [0, 0.1) is 0 Å². The highest BCUT2D eigenvalue weighted by molar-refractivity contribution is 5.18. The van der Waals surface area contributed by atoms with Crippen molar-refractivity contribution in [2.75, 3.05) is 6.54 Å². The van der Waals surface area contributed by atoms with Crippen LogP contribution in [0.4, 0.5) is 0 Å². The number of H-pyrrole nitrogens is 2. The molecule has 0 bridgehead atoms. The molecule has 1 aromatic heterocycles. The predicted molar refractivity (Wildman–Crippen MR) is 46.0 cm³/mol. The molecular weight excluding hydrogens is 172 g/mol. The van der Waals surface area contributed by atoms with Gasteiger partial charge in [0.25, 0.3) is 5.56 Å². The van der Waals surface area contributed by atoms with E-state index in [9.17, 15) is 9.59 Å². The third-order valence-corrected chi connectivity index (χ3v) is 2.14. The van der Waals surface area contributed by atoms with Gasteiger partial charge in [-0.25, -0.2) is 9.80 Å². The molecule has 1 aliphatic heterocycles. The lowest BCUT2D eigenvalue weighted by Crippen LogP contribution is -2.41. The molecule has 0 atom stereocenters. The molecule has 0 saturated carbocycles. The molecule has 0 spiro atoms. The summed E-state index contributed by atoms with van der Waals surface area (Å²) in [5.74, 6) is 5.55. The summed E-state index contributed by atoms with van der Waals surface area (Å²) in [7, 11) is 0. The molecular formula is C7H10N4O2. The first kappa shape index (κ1) is 8.21. The smallest absolute Gasteiger partial charge is 0.311 e. The van der Waals surface area contributed by atoms with Crippen LogP contribution in [-0.4, -0.2) is 21.5 Å². The summed E-state index contributed by atoms with van der Waals surface area (Å²) in [5.41, 5.74) is 0.479. The van der Waals surface area contributed by atoms with Gasteiger partial charge in [-0.3, -0.25) is 15.6 Å². The largest absolute Gasteiger partial charge is 0.325 e. The van der Waals surface area contributed by atoms with Crippen molar-refractivity contribution in [2.24, 2.45) is 5.84 Å². The van der Waals surface area contributed by atoms with Crippen molar-refractivity contribution in [2.45, 2.75) is 13.0 Å². The standard InChI is InChI=1S/C7H10N4O2/c8-11-2-1-5-4(3-11)6(12)10-7(13)9-5/h1-3,8H2,(H2,9,10,12,13). The number of rotatable bonds is 0. The van der Waals surface area contributed by atoms with Crippen molar-refractivity contribution in [3.8, 4) is 0 Å². The van der Waals surface area contributed by atoms with E-state index in [2.05, 4.69) is 9.97 Å². The van der Waals surface area contributed by atoms with Crippen LogP contribution in [0.5, 0.6) is 0 Å². The number of hydrogen-bond acceptors (Lipinski definition) is 4. The van der Waals surface area contributed by atoms with Gasteiger partial charge in [-0.1, -0.05) is 0 Å². The van der Waals surface area contributed by atoms with Crippen LogP contribution in [0.1, 0.15) is 11.3 Å². The molecule has 4 N–H and O–H groups in total. The normalized spacial score (nSPS) is 17.0. The maximum atomic E-state index is 11.3. The molecule has 1 aliphatic rings. The highest BCUT2D eigenvalue weighted by Gasteiger charge is 2.17. The van der Waals surface area contributed by atoms with Crippen LogP contribution in [0.15, 0.2) is 9.59 Å². The fourth-order valence-electron chi connectivity index (χ4n) is 1.48. The summed E-state index contributed by atoms with van der Waals surface area (Å²) in [6, 6.07) is 0. The third kappa shape index (κ3) is 1.41. The zero-order valence-electron chi connectivity index (χ0n) is 6.96. The van der Waals surface area contributed by atoms with E-state index in [1.165, 1.54) is 0 Å². The molecule has 6 nitrogen and oxygen atoms in total. The van der Waals surface area contributed by atoms with Crippen molar-refractivity contribution in [1.82, 2.24) is 15.0 Å². The van der Waals surface area contributed by atoms with Crippen molar-refractivity contribution >= 4 is 0 Å². The Morgan fingerprint density at radius 3 is 2.85 bits per heavy atom. The van der Waals surface area contributed by atoms with Crippen LogP contribution in [0.25, 0.3) is 0 Å². The zero-order valence-corrected chi connectivity index (χ0v) is 6.96. The first-order chi connectivity index (χ1) is 6.16. The average Bonchev–Trinajstić information content (AvgIpc) is 2.06. The lowest BCUT2D eigenvalue weighted by atomic mass is 10.1. The maximum Gasteiger partial charge on any atom is 0.325 e. The van der Waals surface area contributed by atoms with E-state index in [0.29, 0.717) is 30.8 Å². The summed E-state index contributed by atoms with van der Waals surface area (Å²) >= 11 is 0. The van der Waals surface area contributed by atoms with Gasteiger partial charge in [0.15, 0.2) is 0 Å². The average molecular weight is 182 g/mol. The van der Waals surface area contributed by atoms with Crippen molar-refractivity contribution in [1.29, 1.82) is 0 Å². The highest BCUT2D eigenvalue weighted by Crippen LogP contribution is 2.07. The molecule has 0 saturated heterocycles. The minimum absolute atomic E-state index is 0.339. The van der Waals surface area contributed by atoms with Crippen molar-refractivity contribution in [3.63, 3.8) is 0 Å². The summed E-state index contributed by atoms with van der Waals surface area (Å²) in [4.78, 5) is 26.9. The quantitative estimate of drug-likeness (QED) is 0.416. The topological polar surface area (TPSA) is 95.0 Å². The van der Waals surface area contributed by atoms with Crippen LogP contribution >= 0.6 is 0 Å². The molecule has 0 unspecified atom stereocenters. The fourth-order valence-corrected chi connectivity index (χ4v) is 1.48. The second-order valence-electron chi connectivity index (χ2n) is 3.09. The van der Waals surface area contributed by atoms with E-state index >= 15 is 0 Å². The molecule has 0 fully saturated rings. The Balaban J connectivity index is 2.60. The number of nitrogens with two attached hydrogens (primary N) is 1.